The first-order valence-electron chi connectivity index (χ1n) is 6.72. The summed E-state index contributed by atoms with van der Waals surface area (Å²) >= 11 is 0. The number of esters is 1. The molecular formula is C18H12FNO2. The van der Waals surface area contributed by atoms with Crippen LogP contribution in [0.4, 0.5) is 4.39 Å². The topological polar surface area (TPSA) is 38.7 Å². The average molecular weight is 293 g/mol. The zero-order valence-corrected chi connectivity index (χ0v) is 11.6. The molecule has 0 unspecified atom stereocenters. The van der Waals surface area contributed by atoms with E-state index in [2.05, 4.69) is 4.99 Å². The maximum Gasteiger partial charge on any atom is 0.363 e. The summed E-state index contributed by atoms with van der Waals surface area (Å²) in [5.74, 6) is -0.692. The maximum atomic E-state index is 13.1. The van der Waals surface area contributed by atoms with Crippen molar-refractivity contribution in [2.75, 3.05) is 0 Å². The minimum atomic E-state index is -0.544. The molecule has 2 aromatic rings. The Balaban J connectivity index is 1.81. The Bertz CT molecular complexity index is 792. The van der Waals surface area contributed by atoms with Gasteiger partial charge in [0.1, 0.15) is 5.82 Å². The van der Waals surface area contributed by atoms with Crippen molar-refractivity contribution in [1.82, 2.24) is 0 Å². The van der Waals surface area contributed by atoms with E-state index < -0.39 is 5.97 Å². The van der Waals surface area contributed by atoms with Crippen LogP contribution >= 0.6 is 0 Å². The second-order valence-electron chi connectivity index (χ2n) is 4.67. The van der Waals surface area contributed by atoms with E-state index in [4.69, 9.17) is 4.74 Å². The van der Waals surface area contributed by atoms with Gasteiger partial charge in [-0.15, -0.1) is 0 Å². The van der Waals surface area contributed by atoms with Gasteiger partial charge in [0.2, 0.25) is 5.90 Å². The van der Waals surface area contributed by atoms with Crippen LogP contribution < -0.4 is 0 Å². The summed E-state index contributed by atoms with van der Waals surface area (Å²) in [5.41, 5.74) is 1.69. The number of carbonyl (C=O) groups excluding carboxylic acids is 1. The third kappa shape index (κ3) is 3.35. The quantitative estimate of drug-likeness (QED) is 0.637. The van der Waals surface area contributed by atoms with Crippen molar-refractivity contribution in [1.29, 1.82) is 0 Å². The van der Waals surface area contributed by atoms with Crippen LogP contribution in [-0.2, 0) is 9.53 Å². The molecule has 0 saturated heterocycles. The molecule has 0 aromatic heterocycles. The van der Waals surface area contributed by atoms with Gasteiger partial charge in [-0.3, -0.25) is 0 Å². The Morgan fingerprint density at radius 3 is 2.50 bits per heavy atom. The lowest BCUT2D eigenvalue weighted by molar-refractivity contribution is -0.129. The number of rotatable bonds is 3. The summed E-state index contributed by atoms with van der Waals surface area (Å²) in [6.07, 6.45) is 4.92. The van der Waals surface area contributed by atoms with Crippen LogP contribution in [0.1, 0.15) is 11.1 Å². The highest BCUT2D eigenvalue weighted by atomic mass is 19.1. The molecule has 0 spiro atoms. The zero-order valence-electron chi connectivity index (χ0n) is 11.6. The van der Waals surface area contributed by atoms with Crippen LogP contribution in [0.25, 0.3) is 12.2 Å². The number of nitrogens with zero attached hydrogens (tertiary/aromatic N) is 1. The third-order valence-electron chi connectivity index (χ3n) is 3.01. The largest absolute Gasteiger partial charge is 0.403 e. The number of carbonyl (C=O) groups is 1. The Morgan fingerprint density at radius 2 is 1.73 bits per heavy atom. The average Bonchev–Trinajstić information content (AvgIpc) is 2.86. The highest BCUT2D eigenvalue weighted by molar-refractivity contribution is 6.11. The van der Waals surface area contributed by atoms with Gasteiger partial charge < -0.3 is 4.74 Å². The number of hydrogen-bond donors (Lipinski definition) is 0. The number of cyclic esters (lactones) is 1. The van der Waals surface area contributed by atoms with Crippen molar-refractivity contribution in [2.24, 2.45) is 4.99 Å². The second-order valence-corrected chi connectivity index (χ2v) is 4.67. The van der Waals surface area contributed by atoms with E-state index in [1.165, 1.54) is 18.2 Å². The Kier molecular flexibility index (Phi) is 3.92. The van der Waals surface area contributed by atoms with E-state index in [1.807, 2.05) is 30.3 Å². The number of hydrogen-bond acceptors (Lipinski definition) is 3. The van der Waals surface area contributed by atoms with Crippen LogP contribution in [0.2, 0.25) is 0 Å². The Morgan fingerprint density at radius 1 is 0.955 bits per heavy atom. The van der Waals surface area contributed by atoms with Gasteiger partial charge in [0.25, 0.3) is 0 Å². The van der Waals surface area contributed by atoms with E-state index in [-0.39, 0.29) is 17.4 Å². The van der Waals surface area contributed by atoms with Crippen LogP contribution in [0, 0.1) is 5.82 Å². The predicted octanol–water partition coefficient (Wildman–Crippen LogP) is 3.84. The van der Waals surface area contributed by atoms with Gasteiger partial charge >= 0.3 is 5.97 Å². The smallest absolute Gasteiger partial charge is 0.363 e. The minimum absolute atomic E-state index is 0.151. The summed E-state index contributed by atoms with van der Waals surface area (Å²) in [7, 11) is 0. The lowest BCUT2D eigenvalue weighted by Gasteiger charge is -1.94. The molecule has 1 aliphatic rings. The first kappa shape index (κ1) is 13.9. The van der Waals surface area contributed by atoms with E-state index >= 15 is 0 Å². The molecule has 0 amide bonds. The van der Waals surface area contributed by atoms with Crippen LogP contribution in [0.15, 0.2) is 71.4 Å². The lowest BCUT2D eigenvalue weighted by atomic mass is 10.2. The monoisotopic (exact) mass is 293 g/mol. The predicted molar refractivity (Wildman–Crippen MR) is 83.4 cm³/mol. The van der Waals surface area contributed by atoms with Crippen molar-refractivity contribution in [3.63, 3.8) is 0 Å². The molecule has 0 aliphatic carbocycles. The van der Waals surface area contributed by atoms with Crippen LogP contribution in [-0.4, -0.2) is 11.9 Å². The Hall–Kier alpha value is -3.01. The first-order chi connectivity index (χ1) is 10.7. The number of aliphatic imine (C=N–C) groups is 1. The molecule has 108 valence electrons. The highest BCUT2D eigenvalue weighted by Crippen LogP contribution is 2.17. The number of benzene rings is 2. The molecule has 4 heteroatoms. The molecule has 22 heavy (non-hydrogen) atoms. The van der Waals surface area contributed by atoms with Crippen molar-refractivity contribution in [2.45, 2.75) is 0 Å². The molecule has 1 aliphatic heterocycles. The number of ether oxygens (including phenoxy) is 1. The molecule has 0 radical (unpaired) electrons. The van der Waals surface area contributed by atoms with Crippen molar-refractivity contribution < 1.29 is 13.9 Å². The standard InChI is InChI=1S/C18H12FNO2/c19-15-8-4-7-14(11-15)12-16-18(21)22-17(20-16)10-9-13-5-2-1-3-6-13/h1-12H/b10-9+,16-12-. The van der Waals surface area contributed by atoms with Gasteiger partial charge in [-0.1, -0.05) is 42.5 Å². The highest BCUT2D eigenvalue weighted by Gasteiger charge is 2.21. The SMILES string of the molecule is O=C1OC(/C=C/c2ccccc2)=NC/1=C\c1cccc(F)c1. The van der Waals surface area contributed by atoms with Gasteiger partial charge in [0, 0.05) is 6.08 Å². The first-order valence-corrected chi connectivity index (χ1v) is 6.72. The molecule has 0 bridgehead atoms. The molecule has 3 nitrogen and oxygen atoms in total. The number of halogens is 1. The molecule has 1 heterocycles. The van der Waals surface area contributed by atoms with Crippen molar-refractivity contribution in [3.8, 4) is 0 Å². The van der Waals surface area contributed by atoms with Gasteiger partial charge in [-0.25, -0.2) is 14.2 Å². The second kappa shape index (κ2) is 6.18. The summed E-state index contributed by atoms with van der Waals surface area (Å²) in [4.78, 5) is 15.9. The van der Waals surface area contributed by atoms with E-state index in [0.717, 1.165) is 5.56 Å². The van der Waals surface area contributed by atoms with Gasteiger partial charge in [0.15, 0.2) is 5.70 Å². The van der Waals surface area contributed by atoms with E-state index in [1.54, 1.807) is 24.3 Å². The van der Waals surface area contributed by atoms with Gasteiger partial charge in [-0.05, 0) is 35.4 Å². The fourth-order valence-electron chi connectivity index (χ4n) is 1.98. The van der Waals surface area contributed by atoms with E-state index in [0.29, 0.717) is 5.56 Å². The third-order valence-corrected chi connectivity index (χ3v) is 3.01. The van der Waals surface area contributed by atoms with Gasteiger partial charge in [0.05, 0.1) is 0 Å². The van der Waals surface area contributed by atoms with Crippen molar-refractivity contribution in [3.05, 3.63) is 83.3 Å². The molecule has 0 fully saturated rings. The molecule has 0 atom stereocenters. The fourth-order valence-corrected chi connectivity index (χ4v) is 1.98. The normalized spacial score (nSPS) is 16.1. The molecule has 2 aromatic carbocycles. The van der Waals surface area contributed by atoms with E-state index in [9.17, 15) is 9.18 Å². The summed E-state index contributed by atoms with van der Waals surface area (Å²) in [6, 6.07) is 15.5. The van der Waals surface area contributed by atoms with Gasteiger partial charge in [-0.2, -0.15) is 0 Å². The fraction of sp³-hybridized carbons (Fsp3) is 0. The maximum absolute atomic E-state index is 13.1. The molecule has 0 N–H and O–H groups in total. The molecular weight excluding hydrogens is 281 g/mol. The summed E-state index contributed by atoms with van der Waals surface area (Å²) in [5, 5.41) is 0. The van der Waals surface area contributed by atoms with Crippen LogP contribution in [0.5, 0.6) is 0 Å². The summed E-state index contributed by atoms with van der Waals surface area (Å²) in [6.45, 7) is 0. The molecule has 0 saturated carbocycles. The lowest BCUT2D eigenvalue weighted by Crippen LogP contribution is -2.01. The Labute approximate surface area is 127 Å². The zero-order chi connectivity index (χ0) is 15.4. The van der Waals surface area contributed by atoms with Crippen molar-refractivity contribution >= 4 is 24.0 Å². The minimum Gasteiger partial charge on any atom is -0.403 e. The molecule has 3 rings (SSSR count). The van der Waals surface area contributed by atoms with Crippen LogP contribution in [0.3, 0.4) is 0 Å². The summed E-state index contributed by atoms with van der Waals surface area (Å²) < 4.78 is 18.2.